The van der Waals surface area contributed by atoms with Crippen LogP contribution in [-0.2, 0) is 4.74 Å². The molecular formula is C20H28F3N3O2. The van der Waals surface area contributed by atoms with Crippen molar-refractivity contribution in [3.63, 3.8) is 0 Å². The van der Waals surface area contributed by atoms with Gasteiger partial charge in [0.2, 0.25) is 0 Å². The molecule has 0 spiro atoms. The lowest BCUT2D eigenvalue weighted by atomic mass is 9.92. The van der Waals surface area contributed by atoms with Crippen molar-refractivity contribution in [2.24, 2.45) is 11.7 Å². The van der Waals surface area contributed by atoms with Crippen LogP contribution in [-0.4, -0.2) is 37.5 Å². The first-order valence-corrected chi connectivity index (χ1v) is 9.87. The van der Waals surface area contributed by atoms with Gasteiger partial charge in [0.1, 0.15) is 6.10 Å². The van der Waals surface area contributed by atoms with Crippen molar-refractivity contribution in [3.05, 3.63) is 23.8 Å². The van der Waals surface area contributed by atoms with Crippen LogP contribution in [0.4, 0.5) is 29.3 Å². The van der Waals surface area contributed by atoms with Gasteiger partial charge in [-0.05, 0) is 69.2 Å². The van der Waals surface area contributed by atoms with E-state index in [9.17, 15) is 18.0 Å². The molecule has 0 bridgehead atoms. The minimum atomic E-state index is -4.09. The van der Waals surface area contributed by atoms with Crippen molar-refractivity contribution in [2.45, 2.75) is 63.8 Å². The zero-order valence-corrected chi connectivity index (χ0v) is 16.1. The van der Waals surface area contributed by atoms with E-state index in [2.05, 4.69) is 11.4 Å². The molecule has 1 saturated carbocycles. The van der Waals surface area contributed by atoms with Crippen LogP contribution in [0.2, 0.25) is 0 Å². The Morgan fingerprint density at radius 1 is 1.14 bits per heavy atom. The second-order valence-corrected chi connectivity index (χ2v) is 7.86. The number of piperidine rings is 1. The summed E-state index contributed by atoms with van der Waals surface area (Å²) < 4.78 is 43.6. The quantitative estimate of drug-likeness (QED) is 0.777. The van der Waals surface area contributed by atoms with E-state index in [1.54, 1.807) is 0 Å². The molecule has 5 nitrogen and oxygen atoms in total. The fourth-order valence-corrected chi connectivity index (χ4v) is 4.27. The number of hydrogen-bond acceptors (Lipinski definition) is 4. The van der Waals surface area contributed by atoms with Gasteiger partial charge < -0.3 is 20.7 Å². The molecule has 0 aromatic heterocycles. The Labute approximate surface area is 163 Å². The fraction of sp³-hybridized carbons (Fsp3) is 0.650. The number of benzene rings is 1. The molecule has 3 rings (SSSR count). The highest BCUT2D eigenvalue weighted by Crippen LogP contribution is 2.36. The number of primary amides is 1. The molecule has 28 heavy (non-hydrogen) atoms. The number of rotatable bonds is 4. The average molecular weight is 399 g/mol. The van der Waals surface area contributed by atoms with E-state index < -0.39 is 18.2 Å². The van der Waals surface area contributed by atoms with E-state index in [4.69, 9.17) is 10.5 Å². The first kappa shape index (κ1) is 20.6. The van der Waals surface area contributed by atoms with E-state index in [1.165, 1.54) is 0 Å². The molecule has 1 aliphatic carbocycles. The molecular weight excluding hydrogens is 371 g/mol. The Bertz CT molecular complexity index is 680. The van der Waals surface area contributed by atoms with Crippen LogP contribution in [0.1, 0.15) is 44.1 Å². The molecule has 8 heteroatoms. The summed E-state index contributed by atoms with van der Waals surface area (Å²) in [5, 5.41) is 3.51. The second kappa shape index (κ2) is 8.49. The monoisotopic (exact) mass is 399 g/mol. The Hall–Kier alpha value is -2.12. The standard InChI is InChI=1S/C20H28F3N3O2/c1-13-12-16(25-15-2-5-17(6-3-15)28-19(24)27)4-7-18(13)26-10-8-14(9-11-26)20(21,22)23/h4,7,12,14-15,17,25H,2-3,5-6,8-11H2,1H3,(H2,24,27). The largest absolute Gasteiger partial charge is 0.446 e. The van der Waals surface area contributed by atoms with Crippen LogP contribution in [0.5, 0.6) is 0 Å². The Morgan fingerprint density at radius 2 is 1.79 bits per heavy atom. The third-order valence-corrected chi connectivity index (χ3v) is 5.82. The minimum absolute atomic E-state index is 0.0979. The predicted molar refractivity (Wildman–Crippen MR) is 103 cm³/mol. The molecule has 0 unspecified atom stereocenters. The van der Waals surface area contributed by atoms with Gasteiger partial charge in [0, 0.05) is 30.5 Å². The highest BCUT2D eigenvalue weighted by Gasteiger charge is 2.41. The summed E-state index contributed by atoms with van der Waals surface area (Å²) >= 11 is 0. The smallest absolute Gasteiger partial charge is 0.404 e. The van der Waals surface area contributed by atoms with E-state index >= 15 is 0 Å². The van der Waals surface area contributed by atoms with Crippen molar-refractivity contribution in [3.8, 4) is 0 Å². The van der Waals surface area contributed by atoms with Crippen LogP contribution in [0, 0.1) is 12.8 Å². The summed E-state index contributed by atoms with van der Waals surface area (Å²) in [6.45, 7) is 2.86. The summed E-state index contributed by atoms with van der Waals surface area (Å²) in [5.41, 5.74) is 8.13. The maximum absolute atomic E-state index is 12.9. The molecule has 1 amide bonds. The van der Waals surface area contributed by atoms with Gasteiger partial charge in [-0.25, -0.2) is 4.79 Å². The SMILES string of the molecule is Cc1cc(NC2CCC(OC(N)=O)CC2)ccc1N1CCC(C(F)(F)F)CC1. The van der Waals surface area contributed by atoms with Gasteiger partial charge in [-0.2, -0.15) is 13.2 Å². The maximum Gasteiger partial charge on any atom is 0.404 e. The summed E-state index contributed by atoms with van der Waals surface area (Å²) in [5.74, 6) is -1.18. The number of nitrogens with one attached hydrogen (secondary N) is 1. The third-order valence-electron chi connectivity index (χ3n) is 5.82. The van der Waals surface area contributed by atoms with Crippen LogP contribution in [0.15, 0.2) is 18.2 Å². The molecule has 2 fully saturated rings. The molecule has 1 aliphatic heterocycles. The molecule has 3 N–H and O–H groups in total. The zero-order valence-electron chi connectivity index (χ0n) is 16.1. The molecule has 2 aliphatic rings. The normalized spacial score (nSPS) is 24.1. The van der Waals surface area contributed by atoms with E-state index in [-0.39, 0.29) is 18.9 Å². The lowest BCUT2D eigenvalue weighted by Crippen LogP contribution is -2.39. The molecule has 156 valence electrons. The summed E-state index contributed by atoms with van der Waals surface area (Å²) in [6.07, 6.45) is -1.25. The van der Waals surface area contributed by atoms with Gasteiger partial charge >= 0.3 is 12.3 Å². The molecule has 1 aromatic rings. The number of hydrogen-bond donors (Lipinski definition) is 2. The van der Waals surface area contributed by atoms with Gasteiger partial charge in [0.05, 0.1) is 5.92 Å². The van der Waals surface area contributed by atoms with Gasteiger partial charge in [-0.1, -0.05) is 0 Å². The van der Waals surface area contributed by atoms with Gasteiger partial charge in [0.15, 0.2) is 0 Å². The Morgan fingerprint density at radius 3 is 2.32 bits per heavy atom. The summed E-state index contributed by atoms with van der Waals surface area (Å²) in [6, 6.07) is 6.34. The van der Waals surface area contributed by atoms with Crippen LogP contribution < -0.4 is 16.0 Å². The number of aryl methyl sites for hydroxylation is 1. The number of nitrogens with zero attached hydrogens (tertiary/aromatic N) is 1. The number of nitrogens with two attached hydrogens (primary N) is 1. The number of amides is 1. The summed E-state index contributed by atoms with van der Waals surface area (Å²) in [4.78, 5) is 12.9. The molecule has 0 atom stereocenters. The average Bonchev–Trinajstić information content (AvgIpc) is 2.62. The number of alkyl halides is 3. The first-order chi connectivity index (χ1) is 13.2. The lowest BCUT2D eigenvalue weighted by molar-refractivity contribution is -0.179. The fourth-order valence-electron chi connectivity index (χ4n) is 4.27. The lowest BCUT2D eigenvalue weighted by Gasteiger charge is -2.35. The van der Waals surface area contributed by atoms with Crippen molar-refractivity contribution in [2.75, 3.05) is 23.3 Å². The highest BCUT2D eigenvalue weighted by molar-refractivity contribution is 5.64. The number of carbonyl (C=O) groups excluding carboxylic acids is 1. The zero-order chi connectivity index (χ0) is 20.3. The Balaban J connectivity index is 1.53. The number of anilines is 2. The molecule has 1 saturated heterocycles. The van der Waals surface area contributed by atoms with Gasteiger partial charge in [-0.3, -0.25) is 0 Å². The van der Waals surface area contributed by atoms with Crippen LogP contribution in [0.25, 0.3) is 0 Å². The molecule has 1 heterocycles. The summed E-state index contributed by atoms with van der Waals surface area (Å²) in [7, 11) is 0. The van der Waals surface area contributed by atoms with E-state index in [0.29, 0.717) is 19.1 Å². The Kier molecular flexibility index (Phi) is 6.25. The first-order valence-electron chi connectivity index (χ1n) is 9.87. The number of halogens is 3. The van der Waals surface area contributed by atoms with Crippen LogP contribution >= 0.6 is 0 Å². The van der Waals surface area contributed by atoms with Gasteiger partial charge in [0.25, 0.3) is 0 Å². The van der Waals surface area contributed by atoms with E-state index in [0.717, 1.165) is 42.6 Å². The number of carbonyl (C=O) groups is 1. The molecule has 0 radical (unpaired) electrons. The van der Waals surface area contributed by atoms with Crippen LogP contribution in [0.3, 0.4) is 0 Å². The maximum atomic E-state index is 12.9. The molecule has 1 aromatic carbocycles. The topological polar surface area (TPSA) is 67.6 Å². The van der Waals surface area contributed by atoms with Gasteiger partial charge in [-0.15, -0.1) is 0 Å². The predicted octanol–water partition coefficient (Wildman–Crippen LogP) is 4.59. The number of ether oxygens (including phenoxy) is 1. The third kappa shape index (κ3) is 5.23. The second-order valence-electron chi connectivity index (χ2n) is 7.86. The van der Waals surface area contributed by atoms with Crippen molar-refractivity contribution in [1.82, 2.24) is 0 Å². The van der Waals surface area contributed by atoms with Crippen molar-refractivity contribution < 1.29 is 22.7 Å². The van der Waals surface area contributed by atoms with E-state index in [1.807, 2.05) is 24.0 Å². The van der Waals surface area contributed by atoms with Crippen molar-refractivity contribution >= 4 is 17.5 Å². The minimum Gasteiger partial charge on any atom is -0.446 e. The van der Waals surface area contributed by atoms with Crippen molar-refractivity contribution in [1.29, 1.82) is 0 Å². The highest BCUT2D eigenvalue weighted by atomic mass is 19.4.